The van der Waals surface area contributed by atoms with Crippen LogP contribution < -0.4 is 10.6 Å². The van der Waals surface area contributed by atoms with Crippen LogP contribution in [0.4, 0.5) is 10.1 Å². The van der Waals surface area contributed by atoms with Gasteiger partial charge < -0.3 is 10.6 Å². The number of rotatable bonds is 5. The first-order chi connectivity index (χ1) is 13.4. The molecule has 0 aliphatic rings. The zero-order valence-corrected chi connectivity index (χ0v) is 15.6. The first-order valence-electron chi connectivity index (χ1n) is 8.81. The average molecular weight is 377 g/mol. The number of benzene rings is 2. The number of nitrogens with one attached hydrogen (secondary N) is 2. The average Bonchev–Trinajstić information content (AvgIpc) is 2.70. The van der Waals surface area contributed by atoms with Crippen LogP contribution in [0.1, 0.15) is 37.7 Å². The highest BCUT2D eigenvalue weighted by molar-refractivity contribution is 6.04. The molecule has 1 aromatic heterocycles. The Hall–Kier alpha value is -3.54. The number of hydrogen-bond donors (Lipinski definition) is 2. The summed E-state index contributed by atoms with van der Waals surface area (Å²) in [7, 11) is 0. The molecule has 3 aromatic rings. The molecule has 0 aliphatic carbocycles. The fourth-order valence-electron chi connectivity index (χ4n) is 2.65. The van der Waals surface area contributed by atoms with E-state index in [-0.39, 0.29) is 17.9 Å². The molecule has 0 spiro atoms. The molecule has 5 nitrogen and oxygen atoms in total. The highest BCUT2D eigenvalue weighted by Gasteiger charge is 2.14. The van der Waals surface area contributed by atoms with E-state index < -0.39 is 17.6 Å². The standard InChI is InChI=1S/C22H20FN3O2/c1-14-10-11-15(2)20(12-14)26-22(28)19-9-5-8-18(25-19)21(27)24-13-16-6-3-4-7-17(16)23/h3-12H,13H2,1-2H3,(H,24,27)(H,26,28). The number of halogens is 1. The number of carbonyl (C=O) groups is 2. The summed E-state index contributed by atoms with van der Waals surface area (Å²) in [5, 5.41) is 5.43. The molecule has 6 heteroatoms. The molecule has 2 aromatic carbocycles. The van der Waals surface area contributed by atoms with E-state index in [1.54, 1.807) is 24.3 Å². The van der Waals surface area contributed by atoms with Crippen LogP contribution in [0.25, 0.3) is 0 Å². The predicted octanol–water partition coefficient (Wildman–Crippen LogP) is 4.02. The number of aromatic nitrogens is 1. The summed E-state index contributed by atoms with van der Waals surface area (Å²) in [6.45, 7) is 3.87. The van der Waals surface area contributed by atoms with Gasteiger partial charge in [-0.2, -0.15) is 0 Å². The van der Waals surface area contributed by atoms with Crippen LogP contribution >= 0.6 is 0 Å². The molecule has 0 unspecified atom stereocenters. The summed E-state index contributed by atoms with van der Waals surface area (Å²) in [6.07, 6.45) is 0. The second-order valence-corrected chi connectivity index (χ2v) is 6.45. The molecule has 0 aliphatic heterocycles. The number of pyridine rings is 1. The van der Waals surface area contributed by atoms with Gasteiger partial charge in [0, 0.05) is 17.8 Å². The summed E-state index contributed by atoms with van der Waals surface area (Å²) >= 11 is 0. The minimum Gasteiger partial charge on any atom is -0.347 e. The van der Waals surface area contributed by atoms with Crippen LogP contribution in [-0.4, -0.2) is 16.8 Å². The first kappa shape index (κ1) is 19.2. The van der Waals surface area contributed by atoms with Crippen molar-refractivity contribution in [3.8, 4) is 0 Å². The molecule has 28 heavy (non-hydrogen) atoms. The van der Waals surface area contributed by atoms with Gasteiger partial charge in [-0.15, -0.1) is 0 Å². The van der Waals surface area contributed by atoms with Crippen molar-refractivity contribution in [1.82, 2.24) is 10.3 Å². The highest BCUT2D eigenvalue weighted by atomic mass is 19.1. The third-order valence-electron chi connectivity index (χ3n) is 4.25. The van der Waals surface area contributed by atoms with Gasteiger partial charge >= 0.3 is 0 Å². The van der Waals surface area contributed by atoms with Crippen LogP contribution in [0.2, 0.25) is 0 Å². The Morgan fingerprint density at radius 2 is 1.64 bits per heavy atom. The highest BCUT2D eigenvalue weighted by Crippen LogP contribution is 2.17. The molecule has 0 saturated carbocycles. The molecule has 0 saturated heterocycles. The zero-order chi connectivity index (χ0) is 20.1. The van der Waals surface area contributed by atoms with Gasteiger partial charge in [0.1, 0.15) is 17.2 Å². The normalized spacial score (nSPS) is 10.4. The van der Waals surface area contributed by atoms with Gasteiger partial charge in [0.25, 0.3) is 11.8 Å². The second kappa shape index (κ2) is 8.43. The molecule has 2 N–H and O–H groups in total. The van der Waals surface area contributed by atoms with E-state index in [1.807, 2.05) is 32.0 Å². The van der Waals surface area contributed by atoms with Crippen LogP contribution in [0.3, 0.4) is 0 Å². The molecule has 2 amide bonds. The van der Waals surface area contributed by atoms with E-state index in [9.17, 15) is 14.0 Å². The van der Waals surface area contributed by atoms with Crippen molar-refractivity contribution in [2.24, 2.45) is 0 Å². The van der Waals surface area contributed by atoms with Gasteiger partial charge in [-0.1, -0.05) is 36.4 Å². The quantitative estimate of drug-likeness (QED) is 0.705. The Morgan fingerprint density at radius 3 is 2.39 bits per heavy atom. The van der Waals surface area contributed by atoms with E-state index in [4.69, 9.17) is 0 Å². The lowest BCUT2D eigenvalue weighted by atomic mass is 10.1. The number of nitrogens with zero attached hydrogens (tertiary/aromatic N) is 1. The first-order valence-corrected chi connectivity index (χ1v) is 8.81. The second-order valence-electron chi connectivity index (χ2n) is 6.45. The van der Waals surface area contributed by atoms with Gasteiger partial charge in [0.15, 0.2) is 0 Å². The Bertz CT molecular complexity index is 1030. The number of anilines is 1. The van der Waals surface area contributed by atoms with E-state index in [0.29, 0.717) is 11.3 Å². The summed E-state index contributed by atoms with van der Waals surface area (Å²) in [5.74, 6) is -1.28. The summed E-state index contributed by atoms with van der Waals surface area (Å²) < 4.78 is 13.7. The van der Waals surface area contributed by atoms with Gasteiger partial charge in [-0.3, -0.25) is 9.59 Å². The fourth-order valence-corrected chi connectivity index (χ4v) is 2.65. The zero-order valence-electron chi connectivity index (χ0n) is 15.6. The molecule has 0 radical (unpaired) electrons. The Balaban J connectivity index is 1.70. The minimum absolute atomic E-state index is 0.0338. The lowest BCUT2D eigenvalue weighted by Crippen LogP contribution is -2.25. The van der Waals surface area contributed by atoms with E-state index in [2.05, 4.69) is 15.6 Å². The third-order valence-corrected chi connectivity index (χ3v) is 4.25. The maximum Gasteiger partial charge on any atom is 0.274 e. The molecule has 3 rings (SSSR count). The van der Waals surface area contributed by atoms with Crippen molar-refractivity contribution in [1.29, 1.82) is 0 Å². The molecule has 142 valence electrons. The van der Waals surface area contributed by atoms with Crippen LogP contribution in [0.15, 0.2) is 60.7 Å². The van der Waals surface area contributed by atoms with Gasteiger partial charge in [0.05, 0.1) is 0 Å². The van der Waals surface area contributed by atoms with Crippen molar-refractivity contribution < 1.29 is 14.0 Å². The third kappa shape index (κ3) is 4.59. The predicted molar refractivity (Wildman–Crippen MR) is 106 cm³/mol. The van der Waals surface area contributed by atoms with E-state index in [0.717, 1.165) is 11.1 Å². The Morgan fingerprint density at radius 1 is 0.929 bits per heavy atom. The topological polar surface area (TPSA) is 71.1 Å². The molecule has 0 fully saturated rings. The number of hydrogen-bond acceptors (Lipinski definition) is 3. The van der Waals surface area contributed by atoms with Gasteiger partial charge in [-0.05, 0) is 49.2 Å². The Kier molecular flexibility index (Phi) is 5.79. The maximum atomic E-state index is 13.7. The molecule has 1 heterocycles. The smallest absolute Gasteiger partial charge is 0.274 e. The summed E-state index contributed by atoms with van der Waals surface area (Å²) in [4.78, 5) is 29.0. The van der Waals surface area contributed by atoms with E-state index in [1.165, 1.54) is 18.2 Å². The SMILES string of the molecule is Cc1ccc(C)c(NC(=O)c2cccc(C(=O)NCc3ccccc3F)n2)c1. The molecular formula is C22H20FN3O2. The Labute approximate surface area is 162 Å². The largest absolute Gasteiger partial charge is 0.347 e. The maximum absolute atomic E-state index is 13.7. The van der Waals surface area contributed by atoms with Crippen molar-refractivity contribution in [2.75, 3.05) is 5.32 Å². The number of aryl methyl sites for hydroxylation is 2. The monoisotopic (exact) mass is 377 g/mol. The fraction of sp³-hybridized carbons (Fsp3) is 0.136. The summed E-state index contributed by atoms with van der Waals surface area (Å²) in [5.41, 5.74) is 3.23. The van der Waals surface area contributed by atoms with Crippen molar-refractivity contribution in [2.45, 2.75) is 20.4 Å². The van der Waals surface area contributed by atoms with Gasteiger partial charge in [0.2, 0.25) is 0 Å². The van der Waals surface area contributed by atoms with Crippen LogP contribution in [-0.2, 0) is 6.54 Å². The molecule has 0 bridgehead atoms. The van der Waals surface area contributed by atoms with Crippen LogP contribution in [0, 0.1) is 19.7 Å². The molecule has 0 atom stereocenters. The van der Waals surface area contributed by atoms with Crippen molar-refractivity contribution >= 4 is 17.5 Å². The van der Waals surface area contributed by atoms with Crippen molar-refractivity contribution in [3.63, 3.8) is 0 Å². The summed E-state index contributed by atoms with van der Waals surface area (Å²) in [6, 6.07) is 16.6. The minimum atomic E-state index is -0.482. The number of carbonyl (C=O) groups excluding carboxylic acids is 2. The van der Waals surface area contributed by atoms with Crippen LogP contribution in [0.5, 0.6) is 0 Å². The van der Waals surface area contributed by atoms with E-state index >= 15 is 0 Å². The van der Waals surface area contributed by atoms with Crippen molar-refractivity contribution in [3.05, 3.63) is 94.6 Å². The lowest BCUT2D eigenvalue weighted by Gasteiger charge is -2.10. The van der Waals surface area contributed by atoms with Gasteiger partial charge in [-0.25, -0.2) is 9.37 Å². The lowest BCUT2D eigenvalue weighted by molar-refractivity contribution is 0.0945. The molecular weight excluding hydrogens is 357 g/mol. The number of amides is 2.